The predicted octanol–water partition coefficient (Wildman–Crippen LogP) is 1.66. The number of ketones is 2. The first-order valence-corrected chi connectivity index (χ1v) is 6.52. The van der Waals surface area contributed by atoms with Crippen LogP contribution in [0.1, 0.15) is 17.9 Å². The van der Waals surface area contributed by atoms with E-state index < -0.39 is 28.9 Å². The van der Waals surface area contributed by atoms with Gasteiger partial charge >= 0.3 is 5.97 Å². The fraction of sp³-hybridized carbons (Fsp3) is 0.312. The van der Waals surface area contributed by atoms with E-state index in [2.05, 4.69) is 0 Å². The SMILES string of the molecule is COC(=O)[C@@]12C=C[C@H](C[C@H]1c1ccccc1)C(=O)C2=O. The second-order valence-electron chi connectivity index (χ2n) is 5.22. The number of benzene rings is 1. The maximum Gasteiger partial charge on any atom is 0.324 e. The first kappa shape index (κ1) is 12.8. The molecule has 102 valence electrons. The number of fused-ring (bicyclic) bond motifs is 2. The van der Waals surface area contributed by atoms with Crippen molar-refractivity contribution in [1.29, 1.82) is 0 Å². The van der Waals surface area contributed by atoms with Gasteiger partial charge in [-0.05, 0) is 12.0 Å². The molecule has 0 heterocycles. The van der Waals surface area contributed by atoms with Gasteiger partial charge in [-0.3, -0.25) is 14.4 Å². The highest BCUT2D eigenvalue weighted by molar-refractivity contribution is 6.46. The van der Waals surface area contributed by atoms with Crippen LogP contribution in [0.15, 0.2) is 42.5 Å². The summed E-state index contributed by atoms with van der Waals surface area (Å²) in [6.45, 7) is 0. The molecule has 4 nitrogen and oxygen atoms in total. The third-order valence-corrected chi connectivity index (χ3v) is 4.29. The number of esters is 1. The molecule has 20 heavy (non-hydrogen) atoms. The van der Waals surface area contributed by atoms with E-state index in [9.17, 15) is 14.4 Å². The summed E-state index contributed by atoms with van der Waals surface area (Å²) >= 11 is 0. The maximum absolute atomic E-state index is 12.4. The zero-order chi connectivity index (χ0) is 14.3. The van der Waals surface area contributed by atoms with Crippen molar-refractivity contribution in [2.75, 3.05) is 7.11 Å². The van der Waals surface area contributed by atoms with Crippen LogP contribution >= 0.6 is 0 Å². The zero-order valence-electron chi connectivity index (χ0n) is 11.0. The Morgan fingerprint density at radius 2 is 1.95 bits per heavy atom. The van der Waals surface area contributed by atoms with Crippen molar-refractivity contribution >= 4 is 17.5 Å². The van der Waals surface area contributed by atoms with Crippen molar-refractivity contribution in [3.63, 3.8) is 0 Å². The number of carbonyl (C=O) groups is 3. The Labute approximate surface area is 116 Å². The Morgan fingerprint density at radius 3 is 2.60 bits per heavy atom. The van der Waals surface area contributed by atoms with Gasteiger partial charge in [0.25, 0.3) is 0 Å². The smallest absolute Gasteiger partial charge is 0.324 e. The number of Topliss-reactive ketones (excluding diaryl/α,β-unsaturated/α-hetero) is 2. The molecule has 0 aromatic heterocycles. The topological polar surface area (TPSA) is 60.4 Å². The third-order valence-electron chi connectivity index (χ3n) is 4.29. The molecule has 0 amide bonds. The molecule has 0 saturated heterocycles. The Balaban J connectivity index is 2.17. The van der Waals surface area contributed by atoms with Gasteiger partial charge in [-0.1, -0.05) is 42.5 Å². The fourth-order valence-electron chi connectivity index (χ4n) is 3.26. The molecule has 4 rings (SSSR count). The summed E-state index contributed by atoms with van der Waals surface area (Å²) in [6.07, 6.45) is 3.70. The van der Waals surface area contributed by atoms with E-state index in [0.29, 0.717) is 6.42 Å². The first-order valence-electron chi connectivity index (χ1n) is 6.52. The fourth-order valence-corrected chi connectivity index (χ4v) is 3.26. The molecular weight excluding hydrogens is 256 g/mol. The Morgan fingerprint density at radius 1 is 1.25 bits per heavy atom. The second-order valence-corrected chi connectivity index (χ2v) is 5.22. The van der Waals surface area contributed by atoms with Crippen LogP contribution in [0.5, 0.6) is 0 Å². The molecule has 1 saturated carbocycles. The maximum atomic E-state index is 12.4. The van der Waals surface area contributed by atoms with Gasteiger partial charge in [-0.15, -0.1) is 0 Å². The molecule has 0 spiro atoms. The minimum absolute atomic E-state index is 0.337. The van der Waals surface area contributed by atoms with Gasteiger partial charge in [0.2, 0.25) is 11.6 Å². The van der Waals surface area contributed by atoms with E-state index in [-0.39, 0.29) is 5.92 Å². The number of hydrogen-bond donors (Lipinski definition) is 0. The van der Waals surface area contributed by atoms with Crippen LogP contribution in [0.25, 0.3) is 0 Å². The molecule has 3 aliphatic carbocycles. The number of hydrogen-bond acceptors (Lipinski definition) is 4. The van der Waals surface area contributed by atoms with E-state index in [0.717, 1.165) is 5.56 Å². The minimum atomic E-state index is -1.48. The lowest BCUT2D eigenvalue weighted by atomic mass is 9.56. The monoisotopic (exact) mass is 270 g/mol. The van der Waals surface area contributed by atoms with Crippen LogP contribution in [0.3, 0.4) is 0 Å². The summed E-state index contributed by atoms with van der Waals surface area (Å²) in [6, 6.07) is 9.35. The molecule has 0 aliphatic heterocycles. The standard InChI is InChI=1S/C16H14O4/c1-20-15(19)16-8-7-11(13(17)14(16)18)9-12(16)10-5-3-2-4-6-10/h2-8,11-12H,9H2,1H3/t11-,12+,16+/m1/s1. The molecular formula is C16H14O4. The highest BCUT2D eigenvalue weighted by atomic mass is 16.5. The van der Waals surface area contributed by atoms with Gasteiger partial charge in [-0.2, -0.15) is 0 Å². The van der Waals surface area contributed by atoms with Crippen molar-refractivity contribution in [1.82, 2.24) is 0 Å². The molecule has 0 N–H and O–H groups in total. The van der Waals surface area contributed by atoms with Gasteiger partial charge in [0, 0.05) is 11.8 Å². The Kier molecular flexibility index (Phi) is 2.82. The largest absolute Gasteiger partial charge is 0.468 e. The number of carbonyl (C=O) groups excluding carboxylic acids is 3. The zero-order valence-corrected chi connectivity index (χ0v) is 11.0. The normalized spacial score (nSPS) is 31.4. The van der Waals surface area contributed by atoms with Gasteiger partial charge < -0.3 is 4.74 Å². The van der Waals surface area contributed by atoms with Crippen molar-refractivity contribution in [2.24, 2.45) is 11.3 Å². The molecule has 1 aromatic rings. The van der Waals surface area contributed by atoms with Crippen molar-refractivity contribution < 1.29 is 19.1 Å². The van der Waals surface area contributed by atoms with Crippen LogP contribution < -0.4 is 0 Å². The average Bonchev–Trinajstić information content (AvgIpc) is 2.51. The number of allylic oxidation sites excluding steroid dienone is 1. The summed E-state index contributed by atoms with van der Waals surface area (Å²) in [5, 5.41) is 0. The molecule has 0 radical (unpaired) electrons. The quantitative estimate of drug-likeness (QED) is 0.355. The lowest BCUT2D eigenvalue weighted by Crippen LogP contribution is -2.55. The van der Waals surface area contributed by atoms with Gasteiger partial charge in [0.1, 0.15) is 0 Å². The number of methoxy groups -OCH3 is 1. The predicted molar refractivity (Wildman–Crippen MR) is 70.9 cm³/mol. The lowest BCUT2D eigenvalue weighted by Gasteiger charge is -2.43. The Bertz CT molecular complexity index is 617. The molecule has 4 heteroatoms. The Hall–Kier alpha value is -2.23. The second kappa shape index (κ2) is 4.40. The summed E-state index contributed by atoms with van der Waals surface area (Å²) in [4.78, 5) is 36.6. The van der Waals surface area contributed by atoms with Crippen LogP contribution in [0.4, 0.5) is 0 Å². The van der Waals surface area contributed by atoms with Crippen LogP contribution in [-0.2, 0) is 19.1 Å². The minimum Gasteiger partial charge on any atom is -0.468 e. The summed E-state index contributed by atoms with van der Waals surface area (Å²) < 4.78 is 4.82. The van der Waals surface area contributed by atoms with E-state index >= 15 is 0 Å². The highest BCUT2D eigenvalue weighted by Crippen LogP contribution is 2.51. The van der Waals surface area contributed by atoms with Crippen molar-refractivity contribution in [3.8, 4) is 0 Å². The van der Waals surface area contributed by atoms with E-state index in [1.54, 1.807) is 12.2 Å². The first-order chi connectivity index (χ1) is 9.61. The van der Waals surface area contributed by atoms with Crippen LogP contribution in [0.2, 0.25) is 0 Å². The van der Waals surface area contributed by atoms with Crippen molar-refractivity contribution in [2.45, 2.75) is 12.3 Å². The molecule has 2 bridgehead atoms. The van der Waals surface area contributed by atoms with Crippen molar-refractivity contribution in [3.05, 3.63) is 48.0 Å². The molecule has 3 aliphatic rings. The van der Waals surface area contributed by atoms with Gasteiger partial charge in [0.05, 0.1) is 7.11 Å². The molecule has 0 unspecified atom stereocenters. The summed E-state index contributed by atoms with van der Waals surface area (Å²) in [7, 11) is 1.24. The number of ether oxygens (including phenoxy) is 1. The lowest BCUT2D eigenvalue weighted by molar-refractivity contribution is -0.163. The summed E-state index contributed by atoms with van der Waals surface area (Å²) in [5.74, 6) is -2.53. The average molecular weight is 270 g/mol. The van der Waals surface area contributed by atoms with E-state index in [1.165, 1.54) is 7.11 Å². The van der Waals surface area contributed by atoms with E-state index in [4.69, 9.17) is 4.74 Å². The number of rotatable bonds is 2. The third kappa shape index (κ3) is 1.51. The van der Waals surface area contributed by atoms with Gasteiger partial charge in [0.15, 0.2) is 5.41 Å². The van der Waals surface area contributed by atoms with Crippen LogP contribution in [0, 0.1) is 11.3 Å². The van der Waals surface area contributed by atoms with Crippen LogP contribution in [-0.4, -0.2) is 24.6 Å². The molecule has 1 aromatic carbocycles. The van der Waals surface area contributed by atoms with Gasteiger partial charge in [-0.25, -0.2) is 0 Å². The molecule has 1 fully saturated rings. The summed E-state index contributed by atoms with van der Waals surface area (Å²) in [5.41, 5.74) is -0.602. The highest BCUT2D eigenvalue weighted by Gasteiger charge is 2.61. The molecule has 3 atom stereocenters. The van der Waals surface area contributed by atoms with E-state index in [1.807, 2.05) is 30.3 Å².